The summed E-state index contributed by atoms with van der Waals surface area (Å²) in [5.74, 6) is -0.113. The van der Waals surface area contributed by atoms with Crippen LogP contribution in [0, 0.1) is 10.1 Å². The van der Waals surface area contributed by atoms with Crippen LogP contribution in [0.4, 0.5) is 17.1 Å². The Bertz CT molecular complexity index is 909. The fourth-order valence-corrected chi connectivity index (χ4v) is 4.61. The van der Waals surface area contributed by atoms with Crippen LogP contribution in [-0.4, -0.2) is 55.0 Å². The highest BCUT2D eigenvalue weighted by Crippen LogP contribution is 2.33. The number of piperidine rings is 1. The number of nitrogens with zero attached hydrogens (tertiary/aromatic N) is 4. The van der Waals surface area contributed by atoms with E-state index in [1.165, 1.54) is 44.5 Å². The molecule has 2 aliphatic heterocycles. The normalized spacial score (nSPS) is 17.2. The molecule has 0 atom stereocenters. The zero-order chi connectivity index (χ0) is 21.6. The van der Waals surface area contributed by atoms with E-state index in [1.54, 1.807) is 12.1 Å². The largest absolute Gasteiger partial charge is 0.370 e. The van der Waals surface area contributed by atoms with Crippen molar-refractivity contribution in [3.8, 4) is 0 Å². The number of amides is 1. The molecule has 2 aromatic carbocycles. The number of hydrogen-bond donors (Lipinski definition) is 0. The van der Waals surface area contributed by atoms with E-state index in [2.05, 4.69) is 15.9 Å². The highest BCUT2D eigenvalue weighted by molar-refractivity contribution is 6.08. The van der Waals surface area contributed by atoms with Crippen LogP contribution in [0.1, 0.15) is 42.5 Å². The van der Waals surface area contributed by atoms with Gasteiger partial charge in [-0.1, -0.05) is 18.6 Å². The van der Waals surface area contributed by atoms with Crippen molar-refractivity contribution in [1.82, 2.24) is 4.90 Å². The molecule has 2 aliphatic rings. The zero-order valence-corrected chi connectivity index (χ0v) is 17.9. The summed E-state index contributed by atoms with van der Waals surface area (Å²) in [6.07, 6.45) is 5.98. The SMILES string of the molecule is O=C(c1ccc([N+](=O)[O-])cc1)N1CCCN(CCCN2CCCCC2)c2ccccc21. The van der Waals surface area contributed by atoms with Crippen molar-refractivity contribution in [2.75, 3.05) is 49.1 Å². The van der Waals surface area contributed by atoms with E-state index in [0.717, 1.165) is 43.9 Å². The molecule has 7 nitrogen and oxygen atoms in total. The second-order valence-corrected chi connectivity index (χ2v) is 8.35. The number of nitro groups is 1. The van der Waals surface area contributed by atoms with Gasteiger partial charge in [-0.25, -0.2) is 0 Å². The molecule has 1 amide bonds. The Balaban J connectivity index is 1.48. The van der Waals surface area contributed by atoms with Gasteiger partial charge < -0.3 is 14.7 Å². The molecule has 0 radical (unpaired) electrons. The monoisotopic (exact) mass is 422 g/mol. The lowest BCUT2D eigenvalue weighted by Gasteiger charge is -2.29. The molecule has 164 valence electrons. The van der Waals surface area contributed by atoms with E-state index in [9.17, 15) is 14.9 Å². The van der Waals surface area contributed by atoms with Crippen molar-refractivity contribution >= 4 is 23.0 Å². The predicted octanol–water partition coefficient (Wildman–Crippen LogP) is 4.33. The summed E-state index contributed by atoms with van der Waals surface area (Å²) in [5.41, 5.74) is 2.47. The van der Waals surface area contributed by atoms with Gasteiger partial charge in [0.1, 0.15) is 0 Å². The van der Waals surface area contributed by atoms with E-state index in [0.29, 0.717) is 12.1 Å². The Morgan fingerprint density at radius 2 is 1.55 bits per heavy atom. The smallest absolute Gasteiger partial charge is 0.269 e. The maximum absolute atomic E-state index is 13.3. The molecule has 2 heterocycles. The van der Waals surface area contributed by atoms with Crippen molar-refractivity contribution in [2.24, 2.45) is 0 Å². The van der Waals surface area contributed by atoms with Crippen molar-refractivity contribution in [2.45, 2.75) is 32.1 Å². The number of non-ortho nitro benzene ring substituents is 1. The molecule has 4 rings (SSSR count). The van der Waals surface area contributed by atoms with Crippen LogP contribution in [0.15, 0.2) is 48.5 Å². The van der Waals surface area contributed by atoms with E-state index in [-0.39, 0.29) is 11.6 Å². The standard InChI is InChI=1S/C24H30N4O3/c29-24(20-10-12-21(13-11-20)28(30)31)27-19-7-18-26(22-8-2-3-9-23(22)27)17-6-16-25-14-4-1-5-15-25/h2-3,8-13H,1,4-7,14-19H2. The number of likely N-dealkylation sites (tertiary alicyclic amines) is 1. The molecule has 2 aromatic rings. The van der Waals surface area contributed by atoms with Crippen LogP contribution < -0.4 is 9.80 Å². The lowest BCUT2D eigenvalue weighted by molar-refractivity contribution is -0.384. The second-order valence-electron chi connectivity index (χ2n) is 8.35. The molecule has 0 bridgehead atoms. The summed E-state index contributed by atoms with van der Waals surface area (Å²) in [5, 5.41) is 10.9. The molecule has 0 N–H and O–H groups in total. The zero-order valence-electron chi connectivity index (χ0n) is 17.9. The molecular formula is C24H30N4O3. The molecule has 31 heavy (non-hydrogen) atoms. The fourth-order valence-electron chi connectivity index (χ4n) is 4.61. The molecule has 1 saturated heterocycles. The predicted molar refractivity (Wildman–Crippen MR) is 123 cm³/mol. The summed E-state index contributed by atoms with van der Waals surface area (Å²) in [6.45, 7) is 6.09. The number of para-hydroxylation sites is 2. The van der Waals surface area contributed by atoms with E-state index in [1.807, 2.05) is 23.1 Å². The summed E-state index contributed by atoms with van der Waals surface area (Å²) >= 11 is 0. The first-order valence-corrected chi connectivity index (χ1v) is 11.3. The van der Waals surface area contributed by atoms with Gasteiger partial charge in [0.25, 0.3) is 11.6 Å². The molecule has 7 heteroatoms. The van der Waals surface area contributed by atoms with Crippen LogP contribution >= 0.6 is 0 Å². The Morgan fingerprint density at radius 3 is 2.26 bits per heavy atom. The third-order valence-electron chi connectivity index (χ3n) is 6.24. The number of anilines is 2. The minimum absolute atomic E-state index is 0.00676. The van der Waals surface area contributed by atoms with Gasteiger partial charge in [-0.15, -0.1) is 0 Å². The number of benzene rings is 2. The van der Waals surface area contributed by atoms with E-state index in [4.69, 9.17) is 0 Å². The summed E-state index contributed by atoms with van der Waals surface area (Å²) < 4.78 is 0. The lowest BCUT2D eigenvalue weighted by Crippen LogP contribution is -2.33. The van der Waals surface area contributed by atoms with Crippen molar-refractivity contribution in [3.63, 3.8) is 0 Å². The highest BCUT2D eigenvalue weighted by atomic mass is 16.6. The molecule has 0 aliphatic carbocycles. The van der Waals surface area contributed by atoms with Gasteiger partial charge in [0, 0.05) is 37.3 Å². The van der Waals surface area contributed by atoms with Crippen molar-refractivity contribution in [1.29, 1.82) is 0 Å². The van der Waals surface area contributed by atoms with Crippen LogP contribution in [0.25, 0.3) is 0 Å². The third kappa shape index (κ3) is 5.05. The Kier molecular flexibility index (Phi) is 6.82. The maximum atomic E-state index is 13.3. The van der Waals surface area contributed by atoms with Crippen LogP contribution in [0.3, 0.4) is 0 Å². The minimum atomic E-state index is -0.447. The van der Waals surface area contributed by atoms with Gasteiger partial charge in [-0.05, 0) is 69.6 Å². The Hall–Kier alpha value is -2.93. The van der Waals surface area contributed by atoms with Gasteiger partial charge in [0.15, 0.2) is 0 Å². The Labute approximate surface area is 183 Å². The number of rotatable bonds is 6. The molecule has 1 fully saturated rings. The first kappa shape index (κ1) is 21.3. The summed E-state index contributed by atoms with van der Waals surface area (Å²) in [6, 6.07) is 14.0. The maximum Gasteiger partial charge on any atom is 0.269 e. The average molecular weight is 423 g/mol. The molecule has 0 aromatic heterocycles. The van der Waals surface area contributed by atoms with Crippen LogP contribution in [0.2, 0.25) is 0 Å². The van der Waals surface area contributed by atoms with Gasteiger partial charge in [-0.2, -0.15) is 0 Å². The average Bonchev–Trinajstić information content (AvgIpc) is 2.99. The second kappa shape index (κ2) is 9.92. The van der Waals surface area contributed by atoms with E-state index >= 15 is 0 Å². The van der Waals surface area contributed by atoms with Gasteiger partial charge >= 0.3 is 0 Å². The third-order valence-corrected chi connectivity index (χ3v) is 6.24. The van der Waals surface area contributed by atoms with Crippen molar-refractivity contribution in [3.05, 3.63) is 64.2 Å². The van der Waals surface area contributed by atoms with Crippen LogP contribution in [0.5, 0.6) is 0 Å². The minimum Gasteiger partial charge on any atom is -0.370 e. The first-order valence-electron chi connectivity index (χ1n) is 11.3. The highest BCUT2D eigenvalue weighted by Gasteiger charge is 2.25. The molecular weight excluding hydrogens is 392 g/mol. The quantitative estimate of drug-likeness (QED) is 0.512. The number of fused-ring (bicyclic) bond motifs is 1. The Morgan fingerprint density at radius 1 is 0.839 bits per heavy atom. The fraction of sp³-hybridized carbons (Fsp3) is 0.458. The van der Waals surface area contributed by atoms with Gasteiger partial charge in [-0.3, -0.25) is 14.9 Å². The number of carbonyl (C=O) groups is 1. The number of carbonyl (C=O) groups excluding carboxylic acids is 1. The molecule has 0 unspecified atom stereocenters. The number of nitro benzene ring substituents is 1. The van der Waals surface area contributed by atoms with Crippen molar-refractivity contribution < 1.29 is 9.72 Å². The topological polar surface area (TPSA) is 69.9 Å². The summed E-state index contributed by atoms with van der Waals surface area (Å²) in [4.78, 5) is 30.5. The summed E-state index contributed by atoms with van der Waals surface area (Å²) in [7, 11) is 0. The van der Waals surface area contributed by atoms with Crippen LogP contribution in [-0.2, 0) is 0 Å². The van der Waals surface area contributed by atoms with Gasteiger partial charge in [0.05, 0.1) is 16.3 Å². The number of hydrogen-bond acceptors (Lipinski definition) is 5. The molecule has 0 spiro atoms. The first-order chi connectivity index (χ1) is 15.1. The lowest BCUT2D eigenvalue weighted by atomic mass is 10.1. The van der Waals surface area contributed by atoms with E-state index < -0.39 is 4.92 Å². The van der Waals surface area contributed by atoms with Gasteiger partial charge in [0.2, 0.25) is 0 Å². The molecule has 0 saturated carbocycles.